The Morgan fingerprint density at radius 1 is 0.971 bits per heavy atom. The van der Waals surface area contributed by atoms with Crippen LogP contribution in [0.5, 0.6) is 0 Å². The largest absolute Gasteiger partial charge is 0.348 e. The fraction of sp³-hybridized carbons (Fsp3) is 0.464. The van der Waals surface area contributed by atoms with Crippen molar-refractivity contribution in [2.75, 3.05) is 13.1 Å². The van der Waals surface area contributed by atoms with Crippen molar-refractivity contribution < 1.29 is 9.59 Å². The number of nitrogens with zero attached hydrogens (tertiary/aromatic N) is 3. The van der Waals surface area contributed by atoms with E-state index >= 15 is 0 Å². The number of amides is 2. The number of benzene rings is 2. The van der Waals surface area contributed by atoms with Crippen LogP contribution in [0.15, 0.2) is 54.9 Å². The smallest absolute Gasteiger partial charge is 0.254 e. The molecule has 176 valence electrons. The minimum atomic E-state index is -0.359. The van der Waals surface area contributed by atoms with E-state index in [2.05, 4.69) is 16.0 Å². The number of carbonyl (C=O) groups excluding carboxylic acids is 2. The van der Waals surface area contributed by atoms with Gasteiger partial charge in [-0.2, -0.15) is 0 Å². The maximum absolute atomic E-state index is 13.9. The molecule has 3 aliphatic rings. The Morgan fingerprint density at radius 3 is 2.68 bits per heavy atom. The van der Waals surface area contributed by atoms with Gasteiger partial charge in [0.05, 0.1) is 0 Å². The third-order valence-corrected chi connectivity index (χ3v) is 8.24. The number of hydrogen-bond acceptors (Lipinski definition) is 3. The molecule has 1 aliphatic carbocycles. The standard InChI is InChI=1S/C28H32N4O2/c33-27(22-12-11-19-6-1-2-7-20(19)16-22)32-24-10-4-3-8-21(24)17-25(32)28(34)31-15-5-9-23(18-31)26-29-13-14-30-26/h1-2,6-7,11-14,16,21,23-25H,3-5,8-10,15,17-18H2,(H,29,30)/t21-,23?,24-,25-/m0/s1. The van der Waals surface area contributed by atoms with Gasteiger partial charge in [0.15, 0.2) is 0 Å². The molecular weight excluding hydrogens is 424 g/mol. The van der Waals surface area contributed by atoms with Gasteiger partial charge in [-0.25, -0.2) is 4.98 Å². The van der Waals surface area contributed by atoms with Crippen LogP contribution in [-0.4, -0.2) is 56.8 Å². The van der Waals surface area contributed by atoms with Crippen LogP contribution < -0.4 is 0 Å². The maximum Gasteiger partial charge on any atom is 0.254 e. The normalized spacial score (nSPS) is 27.1. The Balaban J connectivity index is 1.29. The molecule has 3 fully saturated rings. The topological polar surface area (TPSA) is 69.3 Å². The van der Waals surface area contributed by atoms with Gasteiger partial charge < -0.3 is 14.8 Å². The molecule has 3 aromatic rings. The second-order valence-corrected chi connectivity index (χ2v) is 10.2. The lowest BCUT2D eigenvalue weighted by atomic mass is 9.84. The first-order valence-electron chi connectivity index (χ1n) is 12.8. The molecule has 6 nitrogen and oxygen atoms in total. The number of nitrogens with one attached hydrogen (secondary N) is 1. The summed E-state index contributed by atoms with van der Waals surface area (Å²) in [7, 11) is 0. The van der Waals surface area contributed by atoms with E-state index in [1.807, 2.05) is 52.4 Å². The predicted octanol–water partition coefficient (Wildman–Crippen LogP) is 4.74. The summed E-state index contributed by atoms with van der Waals surface area (Å²) in [5, 5.41) is 2.19. The number of fused-ring (bicyclic) bond motifs is 2. The van der Waals surface area contributed by atoms with Crippen LogP contribution in [0, 0.1) is 5.92 Å². The summed E-state index contributed by atoms with van der Waals surface area (Å²) < 4.78 is 0. The summed E-state index contributed by atoms with van der Waals surface area (Å²) >= 11 is 0. The van der Waals surface area contributed by atoms with Gasteiger partial charge in [-0.3, -0.25) is 9.59 Å². The molecule has 0 spiro atoms. The Kier molecular flexibility index (Phi) is 5.60. The van der Waals surface area contributed by atoms with E-state index in [-0.39, 0.29) is 29.8 Å². The molecule has 1 saturated carbocycles. The molecule has 4 atom stereocenters. The van der Waals surface area contributed by atoms with E-state index in [0.717, 1.165) is 61.7 Å². The Morgan fingerprint density at radius 2 is 1.82 bits per heavy atom. The monoisotopic (exact) mass is 456 g/mol. The molecule has 3 heterocycles. The highest BCUT2D eigenvalue weighted by Crippen LogP contribution is 2.41. The number of rotatable bonds is 3. The predicted molar refractivity (Wildman–Crippen MR) is 131 cm³/mol. The van der Waals surface area contributed by atoms with Crippen LogP contribution in [0.2, 0.25) is 0 Å². The van der Waals surface area contributed by atoms with E-state index in [4.69, 9.17) is 0 Å². The van der Waals surface area contributed by atoms with Gasteiger partial charge in [0.1, 0.15) is 11.9 Å². The molecule has 1 aromatic heterocycles. The highest BCUT2D eigenvalue weighted by Gasteiger charge is 2.49. The van der Waals surface area contributed by atoms with Gasteiger partial charge in [-0.05, 0) is 60.9 Å². The fourth-order valence-electron chi connectivity index (χ4n) is 6.56. The summed E-state index contributed by atoms with van der Waals surface area (Å²) in [6.45, 7) is 1.44. The number of carbonyl (C=O) groups is 2. The SMILES string of the molecule is O=C([C@@H]1C[C@@H]2CCCC[C@@H]2N1C(=O)c1ccc2ccccc2c1)N1CCCC(c2ncc[nH]2)C1. The number of aromatic nitrogens is 2. The van der Waals surface area contributed by atoms with Gasteiger partial charge >= 0.3 is 0 Å². The van der Waals surface area contributed by atoms with Crippen LogP contribution >= 0.6 is 0 Å². The van der Waals surface area contributed by atoms with Crippen molar-refractivity contribution in [3.8, 4) is 0 Å². The second kappa shape index (κ2) is 8.90. The van der Waals surface area contributed by atoms with Gasteiger partial charge in [0.2, 0.25) is 5.91 Å². The van der Waals surface area contributed by atoms with Crippen LogP contribution in [0.4, 0.5) is 0 Å². The highest BCUT2D eigenvalue weighted by atomic mass is 16.2. The molecule has 1 N–H and O–H groups in total. The first kappa shape index (κ1) is 21.4. The number of aromatic amines is 1. The van der Waals surface area contributed by atoms with E-state index in [0.29, 0.717) is 18.0 Å². The van der Waals surface area contributed by atoms with E-state index in [1.165, 1.54) is 6.42 Å². The van der Waals surface area contributed by atoms with Crippen molar-refractivity contribution in [3.63, 3.8) is 0 Å². The molecule has 0 radical (unpaired) electrons. The molecule has 6 rings (SSSR count). The number of piperidine rings is 1. The lowest BCUT2D eigenvalue weighted by Crippen LogP contribution is -2.52. The average molecular weight is 457 g/mol. The quantitative estimate of drug-likeness (QED) is 0.619. The van der Waals surface area contributed by atoms with E-state index < -0.39 is 0 Å². The van der Waals surface area contributed by atoms with Gasteiger partial charge in [-0.1, -0.05) is 43.2 Å². The van der Waals surface area contributed by atoms with Crippen LogP contribution in [-0.2, 0) is 4.79 Å². The first-order chi connectivity index (χ1) is 16.7. The second-order valence-electron chi connectivity index (χ2n) is 10.2. The summed E-state index contributed by atoms with van der Waals surface area (Å²) in [5.41, 5.74) is 0.690. The molecule has 1 unspecified atom stereocenters. The molecule has 2 saturated heterocycles. The zero-order chi connectivity index (χ0) is 23.1. The summed E-state index contributed by atoms with van der Waals surface area (Å²) in [4.78, 5) is 39.5. The Labute approximate surface area is 200 Å². The molecule has 34 heavy (non-hydrogen) atoms. The zero-order valence-electron chi connectivity index (χ0n) is 19.5. The van der Waals surface area contributed by atoms with Crippen molar-refractivity contribution in [1.29, 1.82) is 0 Å². The van der Waals surface area contributed by atoms with Crippen molar-refractivity contribution in [2.45, 2.75) is 62.9 Å². The molecule has 2 aliphatic heterocycles. The van der Waals surface area contributed by atoms with Gasteiger partial charge in [0.25, 0.3) is 5.91 Å². The van der Waals surface area contributed by atoms with Crippen LogP contribution in [0.1, 0.15) is 67.0 Å². The van der Waals surface area contributed by atoms with Gasteiger partial charge in [0, 0.05) is 43.0 Å². The van der Waals surface area contributed by atoms with Crippen LogP contribution in [0.25, 0.3) is 10.8 Å². The third-order valence-electron chi connectivity index (χ3n) is 8.24. The lowest BCUT2D eigenvalue weighted by Gasteiger charge is -2.37. The summed E-state index contributed by atoms with van der Waals surface area (Å²) in [6.07, 6.45) is 10.9. The Hall–Kier alpha value is -3.15. The minimum Gasteiger partial charge on any atom is -0.348 e. The molecule has 6 heteroatoms. The number of hydrogen-bond donors (Lipinski definition) is 1. The highest BCUT2D eigenvalue weighted by molar-refractivity contribution is 6.01. The zero-order valence-corrected chi connectivity index (χ0v) is 19.5. The van der Waals surface area contributed by atoms with Crippen molar-refractivity contribution in [1.82, 2.24) is 19.8 Å². The van der Waals surface area contributed by atoms with Crippen molar-refractivity contribution in [3.05, 3.63) is 66.2 Å². The Bertz CT molecular complexity index is 1190. The van der Waals surface area contributed by atoms with Crippen molar-refractivity contribution >= 4 is 22.6 Å². The van der Waals surface area contributed by atoms with E-state index in [1.54, 1.807) is 6.20 Å². The van der Waals surface area contributed by atoms with Crippen molar-refractivity contribution in [2.24, 2.45) is 5.92 Å². The molecule has 2 aromatic carbocycles. The molecule has 0 bridgehead atoms. The number of imidazole rings is 1. The molecule has 2 amide bonds. The number of H-pyrrole nitrogens is 1. The molecular formula is C28H32N4O2. The van der Waals surface area contributed by atoms with Gasteiger partial charge in [-0.15, -0.1) is 0 Å². The minimum absolute atomic E-state index is 0.0121. The lowest BCUT2D eigenvalue weighted by molar-refractivity contribution is -0.137. The number of likely N-dealkylation sites (tertiary alicyclic amines) is 2. The van der Waals surface area contributed by atoms with Crippen LogP contribution in [0.3, 0.4) is 0 Å². The fourth-order valence-corrected chi connectivity index (χ4v) is 6.56. The maximum atomic E-state index is 13.9. The summed E-state index contributed by atoms with van der Waals surface area (Å²) in [6, 6.07) is 13.9. The summed E-state index contributed by atoms with van der Waals surface area (Å²) in [5.74, 6) is 1.76. The first-order valence-corrected chi connectivity index (χ1v) is 12.8. The van der Waals surface area contributed by atoms with E-state index in [9.17, 15) is 9.59 Å². The third kappa shape index (κ3) is 3.79. The average Bonchev–Trinajstić information content (AvgIpc) is 3.56.